The van der Waals surface area contributed by atoms with Gasteiger partial charge < -0.3 is 14.8 Å². The Morgan fingerprint density at radius 2 is 2.15 bits per heavy atom. The highest BCUT2D eigenvalue weighted by Gasteiger charge is 2.19. The third-order valence-electron chi connectivity index (χ3n) is 4.48. The van der Waals surface area contributed by atoms with Crippen molar-refractivity contribution in [3.8, 4) is 5.75 Å². The van der Waals surface area contributed by atoms with Crippen LogP contribution in [0.2, 0.25) is 5.02 Å². The van der Waals surface area contributed by atoms with Crippen LogP contribution in [0.25, 0.3) is 0 Å². The summed E-state index contributed by atoms with van der Waals surface area (Å²) >= 11 is 8.52. The average molecular weight is 525 g/mol. The summed E-state index contributed by atoms with van der Waals surface area (Å²) in [6, 6.07) is 5.56. The second kappa shape index (κ2) is 12.0. The van der Waals surface area contributed by atoms with E-state index in [9.17, 15) is 14.0 Å². The van der Waals surface area contributed by atoms with Gasteiger partial charge in [0.25, 0.3) is 0 Å². The van der Waals surface area contributed by atoms with E-state index in [0.717, 1.165) is 17.4 Å². The average Bonchev–Trinajstić information content (AvgIpc) is 3.40. The van der Waals surface area contributed by atoms with E-state index >= 15 is 0 Å². The minimum absolute atomic E-state index is 0.0381. The number of thiophene rings is 1. The van der Waals surface area contributed by atoms with Crippen molar-refractivity contribution in [3.05, 3.63) is 64.0 Å². The molecule has 0 unspecified atom stereocenters. The van der Waals surface area contributed by atoms with Crippen LogP contribution in [-0.4, -0.2) is 39.5 Å². The van der Waals surface area contributed by atoms with E-state index in [-0.39, 0.29) is 23.3 Å². The number of amides is 1. The van der Waals surface area contributed by atoms with Crippen LogP contribution < -0.4 is 10.1 Å². The van der Waals surface area contributed by atoms with Gasteiger partial charge in [0.1, 0.15) is 23.2 Å². The predicted molar refractivity (Wildman–Crippen MR) is 130 cm³/mol. The van der Waals surface area contributed by atoms with Crippen LogP contribution in [-0.2, 0) is 29.1 Å². The summed E-state index contributed by atoms with van der Waals surface area (Å²) < 4.78 is 25.4. The molecule has 3 rings (SSSR count). The van der Waals surface area contributed by atoms with E-state index in [4.69, 9.17) is 21.1 Å². The van der Waals surface area contributed by atoms with E-state index in [0.29, 0.717) is 33.8 Å². The monoisotopic (exact) mass is 524 g/mol. The Balaban J connectivity index is 1.66. The van der Waals surface area contributed by atoms with E-state index in [1.54, 1.807) is 16.7 Å². The summed E-state index contributed by atoms with van der Waals surface area (Å²) in [7, 11) is 1.30. The molecule has 0 aliphatic heterocycles. The van der Waals surface area contributed by atoms with E-state index in [1.165, 1.54) is 42.3 Å². The number of nitrogens with zero attached hydrogens (tertiary/aromatic N) is 3. The number of nitrogens with one attached hydrogen (secondary N) is 1. The number of aryl methyl sites for hydroxylation is 1. The van der Waals surface area contributed by atoms with Gasteiger partial charge in [0.15, 0.2) is 11.0 Å². The highest BCUT2D eigenvalue weighted by molar-refractivity contribution is 7.99. The van der Waals surface area contributed by atoms with Crippen LogP contribution in [0, 0.1) is 5.82 Å². The number of aromatic nitrogens is 3. The molecule has 8 nitrogen and oxygen atoms in total. The highest BCUT2D eigenvalue weighted by atomic mass is 35.5. The number of halogens is 2. The van der Waals surface area contributed by atoms with Gasteiger partial charge in [-0.25, -0.2) is 9.18 Å². The van der Waals surface area contributed by atoms with Crippen molar-refractivity contribution < 1.29 is 23.5 Å². The van der Waals surface area contributed by atoms with Crippen molar-refractivity contribution in [2.24, 2.45) is 0 Å². The molecule has 1 aromatic carbocycles. The summed E-state index contributed by atoms with van der Waals surface area (Å²) in [5, 5.41) is 12.1. The summed E-state index contributed by atoms with van der Waals surface area (Å²) in [5.41, 5.74) is 0.330. The van der Waals surface area contributed by atoms with Gasteiger partial charge in [-0.05, 0) is 30.7 Å². The van der Waals surface area contributed by atoms with Crippen LogP contribution in [0.1, 0.15) is 28.0 Å². The van der Waals surface area contributed by atoms with Gasteiger partial charge >= 0.3 is 5.97 Å². The summed E-state index contributed by atoms with van der Waals surface area (Å²) in [6.07, 6.45) is 2.40. The van der Waals surface area contributed by atoms with Crippen molar-refractivity contribution in [3.63, 3.8) is 0 Å². The molecule has 0 bridgehead atoms. The van der Waals surface area contributed by atoms with Crippen molar-refractivity contribution in [1.29, 1.82) is 0 Å². The number of esters is 1. The molecule has 0 atom stereocenters. The third-order valence-corrected chi connectivity index (χ3v) is 6.93. The van der Waals surface area contributed by atoms with Crippen molar-refractivity contribution in [2.75, 3.05) is 18.2 Å². The first-order valence-electron chi connectivity index (χ1n) is 10.1. The second-order valence-corrected chi connectivity index (χ2v) is 9.29. The van der Waals surface area contributed by atoms with Crippen molar-refractivity contribution >= 4 is 51.6 Å². The second-order valence-electron chi connectivity index (χ2n) is 6.80. The zero-order valence-corrected chi connectivity index (χ0v) is 20.9. The molecule has 1 amide bonds. The Morgan fingerprint density at radius 3 is 2.82 bits per heavy atom. The Morgan fingerprint density at radius 1 is 1.35 bits per heavy atom. The molecule has 0 saturated heterocycles. The third kappa shape index (κ3) is 6.37. The first kappa shape index (κ1) is 25.7. The van der Waals surface area contributed by atoms with Gasteiger partial charge in [0.05, 0.1) is 23.4 Å². The van der Waals surface area contributed by atoms with E-state index in [2.05, 4.69) is 22.1 Å². The minimum atomic E-state index is -0.504. The number of hydrogen-bond acceptors (Lipinski definition) is 8. The first-order valence-corrected chi connectivity index (χ1v) is 12.3. The maximum Gasteiger partial charge on any atom is 0.340 e. The largest absolute Gasteiger partial charge is 0.484 e. The van der Waals surface area contributed by atoms with Crippen LogP contribution in [0.3, 0.4) is 0 Å². The van der Waals surface area contributed by atoms with Gasteiger partial charge in [-0.2, -0.15) is 0 Å². The fourth-order valence-corrected chi connectivity index (χ4v) is 4.83. The Labute approximate surface area is 209 Å². The summed E-state index contributed by atoms with van der Waals surface area (Å²) in [6.45, 7) is 6.14. The maximum absolute atomic E-state index is 13.2. The van der Waals surface area contributed by atoms with Crippen LogP contribution in [0.15, 0.2) is 42.1 Å². The lowest BCUT2D eigenvalue weighted by Gasteiger charge is -2.10. The fourth-order valence-electron chi connectivity index (χ4n) is 2.84. The zero-order chi connectivity index (χ0) is 24.7. The SMILES string of the molecule is C=CCn1c(COc2ccc(F)cc2Cl)nnc1SCC(=O)Nc1sc(CC)cc1C(=O)OC. The Bertz CT molecular complexity index is 1200. The minimum Gasteiger partial charge on any atom is -0.484 e. The van der Waals surface area contributed by atoms with E-state index in [1.807, 2.05) is 6.92 Å². The molecule has 12 heteroatoms. The number of carbonyl (C=O) groups excluding carboxylic acids is 2. The summed E-state index contributed by atoms with van der Waals surface area (Å²) in [4.78, 5) is 25.5. The molecule has 2 heterocycles. The molecule has 3 aromatic rings. The number of rotatable bonds is 11. The standard InChI is InChI=1S/C22H22ClFN4O4S2/c1-4-8-28-18(11-32-17-7-6-13(24)9-16(17)23)26-27-22(28)33-12-19(29)25-20-15(21(30)31-3)10-14(5-2)34-20/h4,6-7,9-10H,1,5,8,11-12H2,2-3H3,(H,25,29). The highest BCUT2D eigenvalue weighted by Crippen LogP contribution is 2.30. The number of hydrogen-bond donors (Lipinski definition) is 1. The lowest BCUT2D eigenvalue weighted by Crippen LogP contribution is -2.16. The number of anilines is 1. The topological polar surface area (TPSA) is 95.3 Å². The number of benzene rings is 1. The first-order chi connectivity index (χ1) is 16.4. The molecule has 0 saturated carbocycles. The Hall–Kier alpha value is -2.89. The quantitative estimate of drug-likeness (QED) is 0.215. The smallest absolute Gasteiger partial charge is 0.340 e. The number of methoxy groups -OCH3 is 1. The molecule has 0 aliphatic carbocycles. The molecule has 0 aliphatic rings. The Kier molecular flexibility index (Phi) is 9.08. The van der Waals surface area contributed by atoms with Crippen molar-refractivity contribution in [1.82, 2.24) is 14.8 Å². The van der Waals surface area contributed by atoms with Gasteiger partial charge in [-0.1, -0.05) is 36.4 Å². The summed E-state index contributed by atoms with van der Waals surface area (Å²) in [5.74, 6) is -0.425. The van der Waals surface area contributed by atoms with Crippen LogP contribution in [0.4, 0.5) is 9.39 Å². The fraction of sp³-hybridized carbons (Fsp3) is 0.273. The lowest BCUT2D eigenvalue weighted by molar-refractivity contribution is -0.113. The number of allylic oxidation sites excluding steroid dienone is 1. The normalized spacial score (nSPS) is 10.7. The van der Waals surface area contributed by atoms with Gasteiger partial charge in [0, 0.05) is 11.4 Å². The molecule has 34 heavy (non-hydrogen) atoms. The van der Waals surface area contributed by atoms with Gasteiger partial charge in [-0.3, -0.25) is 9.36 Å². The zero-order valence-electron chi connectivity index (χ0n) is 18.5. The van der Waals surface area contributed by atoms with Crippen LogP contribution >= 0.6 is 34.7 Å². The number of ether oxygens (including phenoxy) is 2. The van der Waals surface area contributed by atoms with Crippen LogP contribution in [0.5, 0.6) is 5.75 Å². The number of thioether (sulfide) groups is 1. The molecular weight excluding hydrogens is 503 g/mol. The van der Waals surface area contributed by atoms with Crippen molar-refractivity contribution in [2.45, 2.75) is 31.7 Å². The van der Waals surface area contributed by atoms with Gasteiger partial charge in [0.2, 0.25) is 5.91 Å². The molecular formula is C22H22ClFN4O4S2. The lowest BCUT2D eigenvalue weighted by atomic mass is 10.2. The molecule has 2 aromatic heterocycles. The predicted octanol–water partition coefficient (Wildman–Crippen LogP) is 4.98. The molecule has 0 fully saturated rings. The molecule has 1 N–H and O–H groups in total. The molecule has 0 radical (unpaired) electrons. The number of carbonyl (C=O) groups is 2. The molecule has 0 spiro atoms. The van der Waals surface area contributed by atoms with E-state index < -0.39 is 11.8 Å². The maximum atomic E-state index is 13.2. The molecule has 180 valence electrons. The van der Waals surface area contributed by atoms with Gasteiger partial charge in [-0.15, -0.1) is 28.1 Å².